The highest BCUT2D eigenvalue weighted by Crippen LogP contribution is 2.19. The minimum absolute atomic E-state index is 0.228. The van der Waals surface area contributed by atoms with Crippen molar-refractivity contribution in [2.75, 3.05) is 11.1 Å². The van der Waals surface area contributed by atoms with Gasteiger partial charge < -0.3 is 5.73 Å². The van der Waals surface area contributed by atoms with Gasteiger partial charge >= 0.3 is 0 Å². The predicted octanol–water partition coefficient (Wildman–Crippen LogP) is 1.96. The van der Waals surface area contributed by atoms with E-state index in [1.165, 1.54) is 11.3 Å². The van der Waals surface area contributed by atoms with E-state index in [-0.39, 0.29) is 11.6 Å². The van der Waals surface area contributed by atoms with Gasteiger partial charge in [0.2, 0.25) is 0 Å². The Hall–Kier alpha value is -1.89. The zero-order valence-electron chi connectivity index (χ0n) is 10.3. The molecule has 0 saturated carbocycles. The molecule has 1 amide bonds. The standard InChI is InChI=1S/C11H15N5OS/c1-3-4-7-8(12)9(16-15-7)10(17)14-11-13-6(2)5-18-11/h5H,3-4,12H2,1-2H3,(H,15,16)(H,13,14,17). The summed E-state index contributed by atoms with van der Waals surface area (Å²) in [6.07, 6.45) is 1.72. The molecule has 2 aromatic rings. The quantitative estimate of drug-likeness (QED) is 0.787. The minimum Gasteiger partial charge on any atom is -0.395 e. The maximum Gasteiger partial charge on any atom is 0.280 e. The molecule has 0 aliphatic carbocycles. The van der Waals surface area contributed by atoms with Crippen LogP contribution in [-0.4, -0.2) is 21.1 Å². The van der Waals surface area contributed by atoms with Crippen LogP contribution in [-0.2, 0) is 6.42 Å². The van der Waals surface area contributed by atoms with Gasteiger partial charge in [0.25, 0.3) is 5.91 Å². The summed E-state index contributed by atoms with van der Waals surface area (Å²) in [6.45, 7) is 3.91. The van der Waals surface area contributed by atoms with Gasteiger partial charge in [0.15, 0.2) is 10.8 Å². The van der Waals surface area contributed by atoms with E-state index < -0.39 is 0 Å². The average Bonchev–Trinajstić information content (AvgIpc) is 2.87. The first kappa shape index (κ1) is 12.6. The number of anilines is 2. The van der Waals surface area contributed by atoms with E-state index in [0.29, 0.717) is 10.8 Å². The number of amides is 1. The van der Waals surface area contributed by atoms with Crippen molar-refractivity contribution in [3.05, 3.63) is 22.5 Å². The molecule has 0 bridgehead atoms. The molecule has 0 aromatic carbocycles. The fourth-order valence-corrected chi connectivity index (χ4v) is 2.25. The second-order valence-corrected chi connectivity index (χ2v) is 4.82. The summed E-state index contributed by atoms with van der Waals surface area (Å²) in [5, 5.41) is 11.8. The van der Waals surface area contributed by atoms with Gasteiger partial charge in [0.05, 0.1) is 17.1 Å². The number of hydrogen-bond donors (Lipinski definition) is 3. The molecule has 96 valence electrons. The first-order chi connectivity index (χ1) is 8.61. The van der Waals surface area contributed by atoms with Gasteiger partial charge in [-0.2, -0.15) is 5.10 Å². The van der Waals surface area contributed by atoms with Crippen LogP contribution < -0.4 is 11.1 Å². The number of hydrogen-bond acceptors (Lipinski definition) is 5. The molecule has 0 aliphatic rings. The molecule has 2 rings (SSSR count). The van der Waals surface area contributed by atoms with Crippen LogP contribution in [0.25, 0.3) is 0 Å². The van der Waals surface area contributed by atoms with Crippen LogP contribution in [0.3, 0.4) is 0 Å². The number of nitrogens with one attached hydrogen (secondary N) is 2. The lowest BCUT2D eigenvalue weighted by molar-refractivity contribution is 0.102. The van der Waals surface area contributed by atoms with Crippen molar-refractivity contribution in [2.24, 2.45) is 0 Å². The normalized spacial score (nSPS) is 10.6. The number of nitrogens with zero attached hydrogens (tertiary/aromatic N) is 2. The average molecular weight is 265 g/mol. The Morgan fingerprint density at radius 1 is 1.61 bits per heavy atom. The van der Waals surface area contributed by atoms with E-state index in [2.05, 4.69) is 20.5 Å². The van der Waals surface area contributed by atoms with E-state index in [4.69, 9.17) is 5.73 Å². The van der Waals surface area contributed by atoms with Gasteiger partial charge in [-0.25, -0.2) is 4.98 Å². The summed E-state index contributed by atoms with van der Waals surface area (Å²) in [5.74, 6) is -0.333. The number of H-pyrrole nitrogens is 1. The Bertz CT molecular complexity index is 560. The van der Waals surface area contributed by atoms with Crippen molar-refractivity contribution in [1.29, 1.82) is 0 Å². The minimum atomic E-state index is -0.333. The van der Waals surface area contributed by atoms with Gasteiger partial charge in [0.1, 0.15) is 0 Å². The van der Waals surface area contributed by atoms with Crippen LogP contribution >= 0.6 is 11.3 Å². The molecular formula is C11H15N5OS. The predicted molar refractivity (Wildman–Crippen MR) is 71.8 cm³/mol. The van der Waals surface area contributed by atoms with Crippen LogP contribution in [0, 0.1) is 6.92 Å². The first-order valence-corrected chi connectivity index (χ1v) is 6.56. The fourth-order valence-electron chi connectivity index (χ4n) is 1.57. The summed E-state index contributed by atoms with van der Waals surface area (Å²) in [7, 11) is 0. The summed E-state index contributed by atoms with van der Waals surface area (Å²) in [5.41, 5.74) is 8.20. The smallest absolute Gasteiger partial charge is 0.280 e. The summed E-state index contributed by atoms with van der Waals surface area (Å²) >= 11 is 1.37. The van der Waals surface area contributed by atoms with Crippen molar-refractivity contribution in [1.82, 2.24) is 15.2 Å². The van der Waals surface area contributed by atoms with Crippen molar-refractivity contribution < 1.29 is 4.79 Å². The molecule has 7 heteroatoms. The number of carbonyl (C=O) groups is 1. The lowest BCUT2D eigenvalue weighted by Crippen LogP contribution is -2.14. The van der Waals surface area contributed by atoms with Gasteiger partial charge in [-0.15, -0.1) is 11.3 Å². The molecule has 2 heterocycles. The molecule has 0 radical (unpaired) electrons. The number of rotatable bonds is 4. The van der Waals surface area contributed by atoms with E-state index in [0.717, 1.165) is 24.2 Å². The Kier molecular flexibility index (Phi) is 3.61. The van der Waals surface area contributed by atoms with Crippen LogP contribution in [0.5, 0.6) is 0 Å². The summed E-state index contributed by atoms with van der Waals surface area (Å²) in [4.78, 5) is 16.1. The molecule has 0 unspecified atom stereocenters. The second-order valence-electron chi connectivity index (χ2n) is 3.96. The lowest BCUT2D eigenvalue weighted by Gasteiger charge is -1.99. The highest BCUT2D eigenvalue weighted by Gasteiger charge is 2.17. The molecule has 0 atom stereocenters. The number of carbonyl (C=O) groups excluding carboxylic acids is 1. The van der Waals surface area contributed by atoms with Crippen molar-refractivity contribution in [2.45, 2.75) is 26.7 Å². The Morgan fingerprint density at radius 3 is 3.00 bits per heavy atom. The SMILES string of the molecule is CCCc1[nH]nc(C(=O)Nc2nc(C)cs2)c1N. The lowest BCUT2D eigenvalue weighted by atomic mass is 10.2. The van der Waals surface area contributed by atoms with Gasteiger partial charge in [0, 0.05) is 5.38 Å². The van der Waals surface area contributed by atoms with E-state index in [1.54, 1.807) is 0 Å². The molecule has 0 spiro atoms. The Balaban J connectivity index is 2.14. The van der Waals surface area contributed by atoms with Crippen molar-refractivity contribution >= 4 is 28.1 Å². The molecule has 18 heavy (non-hydrogen) atoms. The van der Waals surface area contributed by atoms with E-state index in [1.807, 2.05) is 19.2 Å². The molecule has 0 fully saturated rings. The Labute approximate surface area is 109 Å². The second kappa shape index (κ2) is 5.18. The van der Waals surface area contributed by atoms with Crippen LogP contribution in [0.1, 0.15) is 35.2 Å². The zero-order chi connectivity index (χ0) is 13.1. The molecule has 0 aliphatic heterocycles. The largest absolute Gasteiger partial charge is 0.395 e. The Morgan fingerprint density at radius 2 is 2.39 bits per heavy atom. The maximum atomic E-state index is 12.0. The number of nitrogen functional groups attached to an aromatic ring is 1. The maximum absolute atomic E-state index is 12.0. The fraction of sp³-hybridized carbons (Fsp3) is 0.364. The number of aromatic nitrogens is 3. The molecule has 4 N–H and O–H groups in total. The van der Waals surface area contributed by atoms with Crippen LogP contribution in [0.2, 0.25) is 0 Å². The number of nitrogens with two attached hydrogens (primary N) is 1. The molecular weight excluding hydrogens is 250 g/mol. The molecule has 2 aromatic heterocycles. The highest BCUT2D eigenvalue weighted by atomic mass is 32.1. The summed E-state index contributed by atoms with van der Waals surface area (Å²) < 4.78 is 0. The highest BCUT2D eigenvalue weighted by molar-refractivity contribution is 7.13. The van der Waals surface area contributed by atoms with Crippen molar-refractivity contribution in [3.63, 3.8) is 0 Å². The third-order valence-corrected chi connectivity index (χ3v) is 3.31. The monoisotopic (exact) mass is 265 g/mol. The van der Waals surface area contributed by atoms with Gasteiger partial charge in [-0.3, -0.25) is 15.2 Å². The van der Waals surface area contributed by atoms with Crippen LogP contribution in [0.15, 0.2) is 5.38 Å². The number of aryl methyl sites for hydroxylation is 2. The zero-order valence-corrected chi connectivity index (χ0v) is 11.1. The number of aromatic amines is 1. The summed E-state index contributed by atoms with van der Waals surface area (Å²) in [6, 6.07) is 0. The van der Waals surface area contributed by atoms with Crippen molar-refractivity contribution in [3.8, 4) is 0 Å². The number of thiazole rings is 1. The van der Waals surface area contributed by atoms with E-state index in [9.17, 15) is 4.79 Å². The topological polar surface area (TPSA) is 96.7 Å². The van der Waals surface area contributed by atoms with E-state index >= 15 is 0 Å². The third kappa shape index (κ3) is 2.51. The molecule has 6 nitrogen and oxygen atoms in total. The van der Waals surface area contributed by atoms with Crippen LogP contribution in [0.4, 0.5) is 10.8 Å². The van der Waals surface area contributed by atoms with Gasteiger partial charge in [-0.05, 0) is 13.3 Å². The molecule has 0 saturated heterocycles. The first-order valence-electron chi connectivity index (χ1n) is 5.68. The van der Waals surface area contributed by atoms with Gasteiger partial charge in [-0.1, -0.05) is 13.3 Å². The third-order valence-electron chi connectivity index (χ3n) is 2.44.